The molecule has 0 aliphatic carbocycles. The molecule has 2 heterocycles. The fraction of sp³-hybridized carbons (Fsp3) is 0.154. The molecule has 0 saturated carbocycles. The van der Waals surface area contributed by atoms with E-state index in [0.717, 1.165) is 9.86 Å². The highest BCUT2D eigenvalue weighted by Crippen LogP contribution is 2.31. The van der Waals surface area contributed by atoms with Crippen molar-refractivity contribution in [1.82, 2.24) is 4.90 Å². The number of hydrogen-bond donors (Lipinski definition) is 0. The van der Waals surface area contributed by atoms with Crippen LogP contribution in [0.2, 0.25) is 5.02 Å². The van der Waals surface area contributed by atoms with Crippen LogP contribution in [-0.4, -0.2) is 32.0 Å². The normalized spacial score (nSPS) is 16.5. The lowest BCUT2D eigenvalue weighted by Gasteiger charge is -2.32. The Labute approximate surface area is 217 Å². The van der Waals surface area contributed by atoms with Crippen molar-refractivity contribution in [2.45, 2.75) is 11.8 Å². The van der Waals surface area contributed by atoms with Gasteiger partial charge in [-0.1, -0.05) is 76.1 Å². The van der Waals surface area contributed by atoms with Gasteiger partial charge in [0, 0.05) is 34.4 Å². The smallest absolute Gasteiger partial charge is 0.336 e. The van der Waals surface area contributed by atoms with Crippen LogP contribution < -0.4 is 5.63 Å². The third kappa shape index (κ3) is 7.52. The first kappa shape index (κ1) is 26.7. The number of sulfone groups is 1. The Morgan fingerprint density at radius 1 is 0.886 bits per heavy atom. The molecule has 3 aromatic carbocycles. The Kier molecular flexibility index (Phi) is 9.26. The molecule has 182 valence electrons. The van der Waals surface area contributed by atoms with Crippen molar-refractivity contribution >= 4 is 54.2 Å². The summed E-state index contributed by atoms with van der Waals surface area (Å²) >= 11 is 9.07. The first-order valence-corrected chi connectivity index (χ1v) is 13.5. The molecule has 6 nitrogen and oxygen atoms in total. The van der Waals surface area contributed by atoms with Crippen LogP contribution in [0.15, 0.2) is 105 Å². The summed E-state index contributed by atoms with van der Waals surface area (Å²) in [5.74, 6) is -0.247. The zero-order valence-electron chi connectivity index (χ0n) is 18.8. The molecule has 0 N–H and O–H groups in total. The Hall–Kier alpha value is -2.94. The van der Waals surface area contributed by atoms with E-state index >= 15 is 0 Å². The van der Waals surface area contributed by atoms with Crippen molar-refractivity contribution in [1.29, 1.82) is 0 Å². The van der Waals surface area contributed by atoms with Gasteiger partial charge in [-0.2, -0.15) is 0 Å². The molecule has 1 atom stereocenters. The second-order valence-corrected chi connectivity index (χ2v) is 11.1. The molecular weight excluding hydrogens is 554 g/mol. The van der Waals surface area contributed by atoms with E-state index in [9.17, 15) is 18.0 Å². The fourth-order valence-electron chi connectivity index (χ4n) is 3.37. The zero-order valence-corrected chi connectivity index (χ0v) is 22.0. The number of benzene rings is 3. The number of carbonyl (C=O) groups excluding carboxylic acids is 1. The molecule has 1 unspecified atom stereocenters. The number of halogens is 2. The van der Waals surface area contributed by atoms with Gasteiger partial charge in [0.15, 0.2) is 15.2 Å². The molecule has 0 bridgehead atoms. The Morgan fingerprint density at radius 2 is 1.51 bits per heavy atom. The van der Waals surface area contributed by atoms with E-state index in [1.807, 2.05) is 48.5 Å². The third-order valence-electron chi connectivity index (χ3n) is 5.10. The van der Waals surface area contributed by atoms with Crippen molar-refractivity contribution < 1.29 is 17.6 Å². The van der Waals surface area contributed by atoms with Gasteiger partial charge in [0.05, 0.1) is 5.75 Å². The summed E-state index contributed by atoms with van der Waals surface area (Å²) < 4.78 is 30.0. The molecule has 0 spiro atoms. The van der Waals surface area contributed by atoms with Gasteiger partial charge in [-0.3, -0.25) is 4.79 Å². The summed E-state index contributed by atoms with van der Waals surface area (Å²) in [6.07, 6.45) is 0.0585. The van der Waals surface area contributed by atoms with E-state index in [2.05, 4.69) is 15.9 Å². The number of amides is 1. The van der Waals surface area contributed by atoms with Gasteiger partial charge in [-0.15, -0.1) is 0 Å². The molecular formula is C26H23BrClNO5S. The number of para-hydroxylation sites is 1. The second-order valence-electron chi connectivity index (χ2n) is 7.61. The maximum Gasteiger partial charge on any atom is 0.336 e. The summed E-state index contributed by atoms with van der Waals surface area (Å²) in [5, 5.41) is 0.601. The minimum atomic E-state index is -3.31. The van der Waals surface area contributed by atoms with Crippen molar-refractivity contribution in [3.63, 3.8) is 0 Å². The molecule has 5 rings (SSSR count). The SMILES string of the molecule is Brc1ccccc1.CN1C(=O)CCS(=O)(=O)C1c1ccc(Cl)cc1.O=c1ccc2ccccc2o1. The largest absolute Gasteiger partial charge is 0.423 e. The van der Waals surface area contributed by atoms with E-state index in [1.54, 1.807) is 36.4 Å². The van der Waals surface area contributed by atoms with E-state index in [4.69, 9.17) is 16.0 Å². The average molecular weight is 577 g/mol. The highest BCUT2D eigenvalue weighted by Gasteiger charge is 2.38. The Balaban J connectivity index is 0.000000162. The van der Waals surface area contributed by atoms with Crippen LogP contribution in [0, 0.1) is 0 Å². The zero-order chi connectivity index (χ0) is 25.4. The predicted octanol–water partition coefficient (Wildman–Crippen LogP) is 5.86. The van der Waals surface area contributed by atoms with Crippen LogP contribution in [-0.2, 0) is 14.6 Å². The van der Waals surface area contributed by atoms with E-state index in [0.29, 0.717) is 16.2 Å². The van der Waals surface area contributed by atoms with Gasteiger partial charge in [-0.05, 0) is 42.0 Å². The van der Waals surface area contributed by atoms with Gasteiger partial charge in [0.25, 0.3) is 0 Å². The molecule has 0 radical (unpaired) electrons. The number of hydrogen-bond acceptors (Lipinski definition) is 5. The molecule has 1 aromatic heterocycles. The minimum absolute atomic E-state index is 0.0585. The first-order valence-electron chi connectivity index (χ1n) is 10.6. The summed E-state index contributed by atoms with van der Waals surface area (Å²) in [6.45, 7) is 0. The van der Waals surface area contributed by atoms with Crippen molar-refractivity contribution in [3.8, 4) is 0 Å². The van der Waals surface area contributed by atoms with Crippen LogP contribution in [0.25, 0.3) is 11.0 Å². The van der Waals surface area contributed by atoms with E-state index < -0.39 is 15.2 Å². The number of rotatable bonds is 1. The predicted molar refractivity (Wildman–Crippen MR) is 142 cm³/mol. The second kappa shape index (κ2) is 12.2. The van der Waals surface area contributed by atoms with Gasteiger partial charge in [-0.25, -0.2) is 13.2 Å². The fourth-order valence-corrected chi connectivity index (χ4v) is 5.66. The van der Waals surface area contributed by atoms with Crippen LogP contribution in [0.1, 0.15) is 17.4 Å². The Bertz CT molecular complexity index is 1440. The Morgan fingerprint density at radius 3 is 2.14 bits per heavy atom. The van der Waals surface area contributed by atoms with Crippen LogP contribution in [0.3, 0.4) is 0 Å². The van der Waals surface area contributed by atoms with E-state index in [-0.39, 0.29) is 23.7 Å². The quantitative estimate of drug-likeness (QED) is 0.265. The van der Waals surface area contributed by atoms with Crippen LogP contribution in [0.4, 0.5) is 0 Å². The topological polar surface area (TPSA) is 84.7 Å². The van der Waals surface area contributed by atoms with Gasteiger partial charge < -0.3 is 9.32 Å². The molecule has 1 fully saturated rings. The molecule has 1 amide bonds. The van der Waals surface area contributed by atoms with Crippen molar-refractivity contribution in [2.75, 3.05) is 12.8 Å². The molecule has 1 aliphatic heterocycles. The van der Waals surface area contributed by atoms with Crippen molar-refractivity contribution in [3.05, 3.63) is 116 Å². The first-order chi connectivity index (χ1) is 16.7. The molecule has 9 heteroatoms. The lowest BCUT2D eigenvalue weighted by molar-refractivity contribution is -0.130. The van der Waals surface area contributed by atoms with Gasteiger partial charge in [0.2, 0.25) is 5.91 Å². The number of carbonyl (C=O) groups is 1. The van der Waals surface area contributed by atoms with Crippen molar-refractivity contribution in [2.24, 2.45) is 0 Å². The molecule has 1 aliphatic rings. The van der Waals surface area contributed by atoms with Gasteiger partial charge in [0.1, 0.15) is 5.58 Å². The van der Waals surface area contributed by atoms with Crippen LogP contribution in [0.5, 0.6) is 0 Å². The van der Waals surface area contributed by atoms with E-state index in [1.165, 1.54) is 18.0 Å². The standard InChI is InChI=1S/C11H12ClNO3S.C9H6O2.C6H5Br/c1-13-10(14)6-7-17(15,16)11(13)8-2-4-9(12)5-3-8;10-9-6-5-7-3-1-2-4-8(7)11-9;7-6-4-2-1-3-5-6/h2-5,11H,6-7H2,1H3;1-6H;1-5H. The monoisotopic (exact) mass is 575 g/mol. The number of fused-ring (bicyclic) bond motifs is 1. The minimum Gasteiger partial charge on any atom is -0.423 e. The average Bonchev–Trinajstić information content (AvgIpc) is 2.84. The third-order valence-corrected chi connectivity index (χ3v) is 7.93. The summed E-state index contributed by atoms with van der Waals surface area (Å²) in [6, 6.07) is 27.1. The van der Waals surface area contributed by atoms with Gasteiger partial charge >= 0.3 is 5.63 Å². The maximum absolute atomic E-state index is 12.0. The summed E-state index contributed by atoms with van der Waals surface area (Å²) in [5.41, 5.74) is 0.911. The summed E-state index contributed by atoms with van der Waals surface area (Å²) in [4.78, 5) is 23.6. The number of nitrogens with zero attached hydrogens (tertiary/aromatic N) is 1. The van der Waals surface area contributed by atoms with Crippen LogP contribution >= 0.6 is 27.5 Å². The molecule has 35 heavy (non-hydrogen) atoms. The highest BCUT2D eigenvalue weighted by atomic mass is 79.9. The summed E-state index contributed by atoms with van der Waals surface area (Å²) in [7, 11) is -1.80. The lowest BCUT2D eigenvalue weighted by Crippen LogP contribution is -2.42. The molecule has 1 saturated heterocycles. The lowest BCUT2D eigenvalue weighted by atomic mass is 10.2. The maximum atomic E-state index is 12.0. The molecule has 4 aromatic rings. The highest BCUT2D eigenvalue weighted by molar-refractivity contribution is 9.10.